The smallest absolute Gasteiger partial charge is 0.268 e. The van der Waals surface area contributed by atoms with Crippen molar-refractivity contribution >= 4 is 22.8 Å². The Labute approximate surface area is 168 Å². The molecule has 3 aromatic rings. The minimum Gasteiger partial charge on any atom is -0.370 e. The molecule has 5 nitrogen and oxygen atoms in total. The first-order chi connectivity index (χ1) is 13.5. The lowest BCUT2D eigenvalue weighted by Crippen LogP contribution is -2.35. The first-order valence-electron chi connectivity index (χ1n) is 9.43. The molecule has 3 heterocycles. The molecule has 0 N–H and O–H groups in total. The van der Waals surface area contributed by atoms with Crippen molar-refractivity contribution in [3.63, 3.8) is 0 Å². The van der Waals surface area contributed by atoms with Crippen molar-refractivity contribution in [2.75, 3.05) is 5.75 Å². The Bertz CT molecular complexity index is 1090. The summed E-state index contributed by atoms with van der Waals surface area (Å²) in [6, 6.07) is 11.5. The molecule has 0 bridgehead atoms. The fraction of sp³-hybridized carbons (Fsp3) is 0.318. The summed E-state index contributed by atoms with van der Waals surface area (Å²) < 4.78 is 7.69. The number of pyridine rings is 1. The Morgan fingerprint density at radius 2 is 2.11 bits per heavy atom. The summed E-state index contributed by atoms with van der Waals surface area (Å²) in [6.45, 7) is 8.48. The van der Waals surface area contributed by atoms with Crippen LogP contribution in [0.3, 0.4) is 0 Å². The van der Waals surface area contributed by atoms with Gasteiger partial charge in [-0.25, -0.2) is 9.97 Å². The molecule has 1 aliphatic rings. The number of para-hydroxylation sites is 1. The maximum atomic E-state index is 13.4. The molecule has 0 amide bonds. The number of aromatic nitrogens is 3. The lowest BCUT2D eigenvalue weighted by atomic mass is 9.91. The maximum absolute atomic E-state index is 13.4. The van der Waals surface area contributed by atoms with Crippen molar-refractivity contribution in [1.82, 2.24) is 14.5 Å². The third kappa shape index (κ3) is 3.38. The van der Waals surface area contributed by atoms with Crippen LogP contribution in [0, 0.1) is 0 Å². The van der Waals surface area contributed by atoms with Gasteiger partial charge in [0.25, 0.3) is 5.56 Å². The summed E-state index contributed by atoms with van der Waals surface area (Å²) in [6.07, 6.45) is 3.45. The Morgan fingerprint density at radius 1 is 1.32 bits per heavy atom. The molecule has 4 rings (SSSR count). The summed E-state index contributed by atoms with van der Waals surface area (Å²) in [4.78, 5) is 22.9. The van der Waals surface area contributed by atoms with Crippen LogP contribution in [0.25, 0.3) is 16.7 Å². The van der Waals surface area contributed by atoms with Crippen LogP contribution >= 0.6 is 11.8 Å². The van der Waals surface area contributed by atoms with Gasteiger partial charge in [0.15, 0.2) is 10.8 Å². The normalized spacial score (nSPS) is 18.8. The number of nitrogens with zero attached hydrogens (tertiary/aromatic N) is 3. The van der Waals surface area contributed by atoms with E-state index >= 15 is 0 Å². The SMILES string of the molecule is C=CCSc1nc2nc3c(cc2c(=O)n1-c1ccccc1)COC(C)(CC)C3. The van der Waals surface area contributed by atoms with Crippen molar-refractivity contribution < 1.29 is 4.74 Å². The second-order valence-corrected chi connectivity index (χ2v) is 8.19. The van der Waals surface area contributed by atoms with Gasteiger partial charge in [0, 0.05) is 17.7 Å². The van der Waals surface area contributed by atoms with Crippen molar-refractivity contribution in [2.45, 2.75) is 44.1 Å². The van der Waals surface area contributed by atoms with Gasteiger partial charge in [0.1, 0.15) is 0 Å². The van der Waals surface area contributed by atoms with Gasteiger partial charge >= 0.3 is 0 Å². The summed E-state index contributed by atoms with van der Waals surface area (Å²) >= 11 is 1.48. The van der Waals surface area contributed by atoms with Gasteiger partial charge in [-0.3, -0.25) is 9.36 Å². The number of benzene rings is 1. The summed E-state index contributed by atoms with van der Waals surface area (Å²) in [7, 11) is 0. The molecule has 0 spiro atoms. The number of thioether (sulfide) groups is 1. The van der Waals surface area contributed by atoms with Gasteiger partial charge in [-0.2, -0.15) is 0 Å². The van der Waals surface area contributed by atoms with Crippen LogP contribution in [0.1, 0.15) is 31.5 Å². The number of rotatable bonds is 5. The first-order valence-corrected chi connectivity index (χ1v) is 10.4. The van der Waals surface area contributed by atoms with Gasteiger partial charge in [-0.15, -0.1) is 6.58 Å². The third-order valence-electron chi connectivity index (χ3n) is 5.21. The topological polar surface area (TPSA) is 57.0 Å². The zero-order chi connectivity index (χ0) is 19.7. The van der Waals surface area contributed by atoms with E-state index in [9.17, 15) is 4.79 Å². The largest absolute Gasteiger partial charge is 0.370 e. The van der Waals surface area contributed by atoms with E-state index in [-0.39, 0.29) is 11.2 Å². The highest BCUT2D eigenvalue weighted by Gasteiger charge is 2.31. The Morgan fingerprint density at radius 3 is 2.82 bits per heavy atom. The van der Waals surface area contributed by atoms with Gasteiger partial charge < -0.3 is 4.74 Å². The fourth-order valence-corrected chi connectivity index (χ4v) is 4.11. The molecule has 6 heteroatoms. The fourth-order valence-electron chi connectivity index (χ4n) is 3.37. The van der Waals surface area contributed by atoms with Gasteiger partial charge in [0.05, 0.1) is 29.0 Å². The molecule has 0 fully saturated rings. The molecule has 0 radical (unpaired) electrons. The van der Waals surface area contributed by atoms with Crippen molar-refractivity contribution in [1.29, 1.82) is 0 Å². The molecule has 1 aliphatic heterocycles. The van der Waals surface area contributed by atoms with Crippen LogP contribution in [0.2, 0.25) is 0 Å². The van der Waals surface area contributed by atoms with Gasteiger partial charge in [0.2, 0.25) is 0 Å². The highest BCUT2D eigenvalue weighted by atomic mass is 32.2. The number of hydrogen-bond donors (Lipinski definition) is 0. The predicted molar refractivity (Wildman–Crippen MR) is 113 cm³/mol. The molecule has 1 aromatic carbocycles. The lowest BCUT2D eigenvalue weighted by Gasteiger charge is -2.33. The van der Waals surface area contributed by atoms with Crippen LogP contribution in [0.5, 0.6) is 0 Å². The Balaban J connectivity index is 1.93. The first kappa shape index (κ1) is 18.9. The van der Waals surface area contributed by atoms with E-state index in [1.807, 2.05) is 36.4 Å². The highest BCUT2D eigenvalue weighted by molar-refractivity contribution is 7.99. The molecule has 1 atom stereocenters. The van der Waals surface area contributed by atoms with Gasteiger partial charge in [-0.1, -0.05) is 43.0 Å². The van der Waals surface area contributed by atoms with E-state index in [0.29, 0.717) is 28.5 Å². The highest BCUT2D eigenvalue weighted by Crippen LogP contribution is 2.31. The molecule has 0 saturated heterocycles. The van der Waals surface area contributed by atoms with E-state index in [1.165, 1.54) is 11.8 Å². The van der Waals surface area contributed by atoms with E-state index in [4.69, 9.17) is 14.7 Å². The molecule has 0 aliphatic carbocycles. The standard InChI is InChI=1S/C22H23N3O2S/c1-4-11-28-21-24-19-17(20(26)25(21)16-9-7-6-8-10-16)12-15-14-27-22(3,5-2)13-18(15)23-19/h4,6-10,12H,1,5,11,13-14H2,2-3H3. The van der Waals surface area contributed by atoms with Crippen LogP contribution in [0.15, 0.2) is 59.0 Å². The quantitative estimate of drug-likeness (QED) is 0.367. The van der Waals surface area contributed by atoms with E-state index in [0.717, 1.165) is 29.8 Å². The van der Waals surface area contributed by atoms with Crippen LogP contribution in [-0.4, -0.2) is 25.9 Å². The van der Waals surface area contributed by atoms with Crippen LogP contribution in [0.4, 0.5) is 0 Å². The third-order valence-corrected chi connectivity index (χ3v) is 6.14. The average molecular weight is 394 g/mol. The van der Waals surface area contributed by atoms with E-state index in [2.05, 4.69) is 20.4 Å². The summed E-state index contributed by atoms with van der Waals surface area (Å²) in [5.74, 6) is 0.664. The molecular weight excluding hydrogens is 370 g/mol. The second kappa shape index (κ2) is 7.53. The number of hydrogen-bond acceptors (Lipinski definition) is 5. The van der Waals surface area contributed by atoms with Crippen molar-refractivity contribution in [3.05, 3.63) is 70.7 Å². The molecule has 1 unspecified atom stereocenters. The summed E-state index contributed by atoms with van der Waals surface area (Å²) in [5.41, 5.74) is 2.92. The molecular formula is C22H23N3O2S. The number of ether oxygens (including phenoxy) is 1. The lowest BCUT2D eigenvalue weighted by molar-refractivity contribution is -0.0573. The minimum atomic E-state index is -0.215. The van der Waals surface area contributed by atoms with Gasteiger partial charge in [-0.05, 0) is 31.5 Å². The van der Waals surface area contributed by atoms with Crippen molar-refractivity contribution in [2.24, 2.45) is 0 Å². The Kier molecular flexibility index (Phi) is 5.08. The zero-order valence-electron chi connectivity index (χ0n) is 16.1. The van der Waals surface area contributed by atoms with E-state index < -0.39 is 0 Å². The van der Waals surface area contributed by atoms with Crippen molar-refractivity contribution in [3.8, 4) is 5.69 Å². The molecule has 144 valence electrons. The average Bonchev–Trinajstić information content (AvgIpc) is 2.72. The monoisotopic (exact) mass is 393 g/mol. The molecule has 28 heavy (non-hydrogen) atoms. The molecule has 2 aromatic heterocycles. The maximum Gasteiger partial charge on any atom is 0.268 e. The van der Waals surface area contributed by atoms with Crippen LogP contribution in [-0.2, 0) is 17.8 Å². The second-order valence-electron chi connectivity index (χ2n) is 7.20. The zero-order valence-corrected chi connectivity index (χ0v) is 17.0. The van der Waals surface area contributed by atoms with E-state index in [1.54, 1.807) is 10.6 Å². The molecule has 0 saturated carbocycles. The Hall–Kier alpha value is -2.44. The van der Waals surface area contributed by atoms with Crippen LogP contribution < -0.4 is 5.56 Å². The predicted octanol–water partition coefficient (Wildman–Crippen LogP) is 4.30. The minimum absolute atomic E-state index is 0.109. The summed E-state index contributed by atoms with van der Waals surface area (Å²) in [5, 5.41) is 1.15. The number of fused-ring (bicyclic) bond motifs is 2.